The number of nitrogens with zero attached hydrogens (tertiary/aromatic N) is 4. The minimum Gasteiger partial charge on any atom is -0.493 e. The van der Waals surface area contributed by atoms with Crippen molar-refractivity contribution in [2.45, 2.75) is 20.3 Å². The first-order valence-corrected chi connectivity index (χ1v) is 6.56. The summed E-state index contributed by atoms with van der Waals surface area (Å²) < 4.78 is 1.14. The Morgan fingerprint density at radius 1 is 1.10 bits per heavy atom. The van der Waals surface area contributed by atoms with Crippen molar-refractivity contribution >= 4 is 5.78 Å². The molecule has 1 aromatic carbocycles. The zero-order valence-electron chi connectivity index (χ0n) is 11.7. The summed E-state index contributed by atoms with van der Waals surface area (Å²) >= 11 is 0. The molecule has 0 aliphatic carbocycles. The standard InChI is InChI=1S/C15H14N4O2/c1-9-10(2)18-19-14(21)12(13(20)17-15(19)16-9)8-11-6-4-3-5-7-11/h3-7,20H,8H2,1-2H3. The summed E-state index contributed by atoms with van der Waals surface area (Å²) in [7, 11) is 0. The van der Waals surface area contributed by atoms with Gasteiger partial charge in [0.2, 0.25) is 5.88 Å². The van der Waals surface area contributed by atoms with Crippen LogP contribution in [0.2, 0.25) is 0 Å². The maximum atomic E-state index is 12.5. The highest BCUT2D eigenvalue weighted by Crippen LogP contribution is 2.15. The minimum atomic E-state index is -0.392. The third-order valence-electron chi connectivity index (χ3n) is 3.38. The average Bonchev–Trinajstić information content (AvgIpc) is 2.47. The van der Waals surface area contributed by atoms with E-state index in [1.54, 1.807) is 13.8 Å². The summed E-state index contributed by atoms with van der Waals surface area (Å²) in [6, 6.07) is 9.43. The highest BCUT2D eigenvalue weighted by molar-refractivity contribution is 5.38. The fourth-order valence-corrected chi connectivity index (χ4v) is 2.09. The van der Waals surface area contributed by atoms with Gasteiger partial charge in [-0.2, -0.15) is 14.6 Å². The highest BCUT2D eigenvalue weighted by atomic mass is 16.3. The predicted octanol–water partition coefficient (Wildman–Crippen LogP) is 1.40. The molecule has 6 nitrogen and oxygen atoms in total. The minimum absolute atomic E-state index is 0.109. The molecule has 0 saturated heterocycles. The molecule has 3 rings (SSSR count). The fourth-order valence-electron chi connectivity index (χ4n) is 2.09. The first-order chi connectivity index (χ1) is 10.1. The molecule has 0 radical (unpaired) electrons. The number of aromatic nitrogens is 4. The summed E-state index contributed by atoms with van der Waals surface area (Å²) in [6.45, 7) is 3.56. The Balaban J connectivity index is 2.20. The Hall–Kier alpha value is -2.76. The molecule has 0 bridgehead atoms. The van der Waals surface area contributed by atoms with Crippen molar-refractivity contribution in [1.29, 1.82) is 0 Å². The highest BCUT2D eigenvalue weighted by Gasteiger charge is 2.15. The van der Waals surface area contributed by atoms with Gasteiger partial charge in [-0.05, 0) is 19.4 Å². The van der Waals surface area contributed by atoms with Gasteiger partial charge in [0.15, 0.2) is 0 Å². The van der Waals surface area contributed by atoms with E-state index in [1.165, 1.54) is 0 Å². The van der Waals surface area contributed by atoms with E-state index in [4.69, 9.17) is 0 Å². The zero-order valence-corrected chi connectivity index (χ0v) is 11.7. The molecule has 1 N–H and O–H groups in total. The lowest BCUT2D eigenvalue weighted by Crippen LogP contribution is -2.24. The van der Waals surface area contributed by atoms with Gasteiger partial charge in [-0.15, -0.1) is 0 Å². The lowest BCUT2D eigenvalue weighted by Gasteiger charge is -2.07. The summed E-state index contributed by atoms with van der Waals surface area (Å²) in [4.78, 5) is 20.6. The van der Waals surface area contributed by atoms with Crippen molar-refractivity contribution in [3.63, 3.8) is 0 Å². The molecule has 0 saturated carbocycles. The van der Waals surface area contributed by atoms with Crippen LogP contribution in [-0.2, 0) is 6.42 Å². The van der Waals surface area contributed by atoms with Crippen LogP contribution in [0.4, 0.5) is 0 Å². The van der Waals surface area contributed by atoms with Gasteiger partial charge in [-0.25, -0.2) is 4.98 Å². The second-order valence-electron chi connectivity index (χ2n) is 4.88. The van der Waals surface area contributed by atoms with Crippen LogP contribution < -0.4 is 5.56 Å². The number of benzene rings is 1. The molecule has 0 aliphatic rings. The fraction of sp³-hybridized carbons (Fsp3) is 0.200. The number of rotatable bonds is 2. The SMILES string of the molecule is Cc1nc2nc(O)c(Cc3ccccc3)c(=O)n2nc1C. The zero-order chi connectivity index (χ0) is 15.0. The Morgan fingerprint density at radius 2 is 1.81 bits per heavy atom. The summed E-state index contributed by atoms with van der Waals surface area (Å²) in [5, 5.41) is 14.2. The number of aromatic hydroxyl groups is 1. The molecule has 0 fully saturated rings. The molecular weight excluding hydrogens is 268 g/mol. The van der Waals surface area contributed by atoms with Gasteiger partial charge in [0, 0.05) is 6.42 Å². The lowest BCUT2D eigenvalue weighted by molar-refractivity contribution is 0.444. The van der Waals surface area contributed by atoms with Crippen LogP contribution in [-0.4, -0.2) is 24.7 Å². The first kappa shape index (κ1) is 13.2. The largest absolute Gasteiger partial charge is 0.493 e. The molecule has 0 amide bonds. The second-order valence-corrected chi connectivity index (χ2v) is 4.88. The van der Waals surface area contributed by atoms with Crippen LogP contribution in [0.5, 0.6) is 5.88 Å². The molecule has 6 heteroatoms. The van der Waals surface area contributed by atoms with Crippen LogP contribution in [0.1, 0.15) is 22.5 Å². The normalized spacial score (nSPS) is 11.0. The van der Waals surface area contributed by atoms with Crippen molar-refractivity contribution in [3.05, 3.63) is 63.2 Å². The van der Waals surface area contributed by atoms with Gasteiger partial charge in [-0.1, -0.05) is 30.3 Å². The van der Waals surface area contributed by atoms with Crippen LogP contribution in [0, 0.1) is 13.8 Å². The maximum absolute atomic E-state index is 12.5. The number of hydrogen-bond donors (Lipinski definition) is 1. The Bertz CT molecular complexity index is 872. The van der Waals surface area contributed by atoms with E-state index in [-0.39, 0.29) is 17.2 Å². The second kappa shape index (κ2) is 4.97. The van der Waals surface area contributed by atoms with Crippen LogP contribution >= 0.6 is 0 Å². The third kappa shape index (κ3) is 2.35. The number of aryl methyl sites for hydroxylation is 2. The molecule has 3 aromatic rings. The number of hydrogen-bond acceptors (Lipinski definition) is 5. The molecular formula is C15H14N4O2. The van der Waals surface area contributed by atoms with Crippen LogP contribution in [0.3, 0.4) is 0 Å². The Morgan fingerprint density at radius 3 is 2.52 bits per heavy atom. The Labute approximate surface area is 120 Å². The molecule has 0 unspecified atom stereocenters. The van der Waals surface area contributed by atoms with E-state index in [0.717, 1.165) is 10.1 Å². The van der Waals surface area contributed by atoms with Crippen molar-refractivity contribution in [2.24, 2.45) is 0 Å². The summed E-state index contributed by atoms with van der Waals surface area (Å²) in [6.07, 6.45) is 0.302. The van der Waals surface area contributed by atoms with E-state index in [9.17, 15) is 9.90 Å². The van der Waals surface area contributed by atoms with Crippen molar-refractivity contribution < 1.29 is 5.11 Å². The molecule has 0 aliphatic heterocycles. The van der Waals surface area contributed by atoms with E-state index in [1.807, 2.05) is 30.3 Å². The van der Waals surface area contributed by atoms with Crippen LogP contribution in [0.25, 0.3) is 5.78 Å². The topological polar surface area (TPSA) is 80.4 Å². The Kier molecular flexibility index (Phi) is 3.13. The van der Waals surface area contributed by atoms with E-state index in [0.29, 0.717) is 17.8 Å². The monoisotopic (exact) mass is 282 g/mol. The summed E-state index contributed by atoms with van der Waals surface area (Å²) in [5.41, 5.74) is 2.08. The maximum Gasteiger partial charge on any atom is 0.283 e. The molecule has 0 atom stereocenters. The van der Waals surface area contributed by atoms with E-state index < -0.39 is 5.56 Å². The smallest absolute Gasteiger partial charge is 0.283 e. The van der Waals surface area contributed by atoms with E-state index in [2.05, 4.69) is 15.1 Å². The third-order valence-corrected chi connectivity index (χ3v) is 3.38. The van der Waals surface area contributed by atoms with Gasteiger partial charge >= 0.3 is 0 Å². The van der Waals surface area contributed by atoms with Gasteiger partial charge < -0.3 is 5.11 Å². The molecule has 0 spiro atoms. The van der Waals surface area contributed by atoms with Crippen molar-refractivity contribution in [1.82, 2.24) is 19.6 Å². The van der Waals surface area contributed by atoms with Gasteiger partial charge in [0.05, 0.1) is 17.0 Å². The molecule has 2 aromatic heterocycles. The van der Waals surface area contributed by atoms with Crippen molar-refractivity contribution in [2.75, 3.05) is 0 Å². The van der Waals surface area contributed by atoms with Gasteiger partial charge in [0.25, 0.3) is 11.3 Å². The van der Waals surface area contributed by atoms with Gasteiger partial charge in [-0.3, -0.25) is 4.79 Å². The van der Waals surface area contributed by atoms with Crippen molar-refractivity contribution in [3.8, 4) is 5.88 Å². The lowest BCUT2D eigenvalue weighted by atomic mass is 10.1. The van der Waals surface area contributed by atoms with Crippen LogP contribution in [0.15, 0.2) is 35.1 Å². The summed E-state index contributed by atoms with van der Waals surface area (Å²) in [5.74, 6) is -0.182. The molecule has 106 valence electrons. The molecule has 2 heterocycles. The average molecular weight is 282 g/mol. The van der Waals surface area contributed by atoms with Gasteiger partial charge in [0.1, 0.15) is 0 Å². The first-order valence-electron chi connectivity index (χ1n) is 6.56. The van der Waals surface area contributed by atoms with E-state index >= 15 is 0 Å². The quantitative estimate of drug-likeness (QED) is 0.768. The molecule has 21 heavy (non-hydrogen) atoms. The number of fused-ring (bicyclic) bond motifs is 1. The predicted molar refractivity (Wildman–Crippen MR) is 77.4 cm³/mol.